The predicted octanol–water partition coefficient (Wildman–Crippen LogP) is 2.94. The van der Waals surface area contributed by atoms with Crippen LogP contribution in [0, 0.1) is 5.82 Å². The van der Waals surface area contributed by atoms with E-state index in [0.29, 0.717) is 0 Å². The number of para-hydroxylation sites is 1. The van der Waals surface area contributed by atoms with Gasteiger partial charge in [-0.25, -0.2) is 4.39 Å². The van der Waals surface area contributed by atoms with Crippen molar-refractivity contribution in [2.45, 2.75) is 12.2 Å². The molecule has 2 rings (SSSR count). The minimum Gasteiger partial charge on any atom is -0.368 e. The lowest BCUT2D eigenvalue weighted by molar-refractivity contribution is -0.137. The van der Waals surface area contributed by atoms with Crippen LogP contribution in [0.5, 0.6) is 0 Å². The van der Waals surface area contributed by atoms with Crippen LogP contribution < -0.4 is 11.1 Å². The second-order valence-corrected chi connectivity index (χ2v) is 5.87. The number of carbonyl (C=O) groups excluding carboxylic acids is 2. The molecule has 2 aromatic carbocycles. The molecule has 0 radical (unpaired) electrons. The molecule has 0 aliphatic carbocycles. The lowest BCUT2D eigenvalue weighted by atomic mass is 10.0. The van der Waals surface area contributed by atoms with Crippen LogP contribution in [-0.2, 0) is 15.8 Å². The van der Waals surface area contributed by atoms with Crippen LogP contribution >= 0.6 is 0 Å². The van der Waals surface area contributed by atoms with Gasteiger partial charge in [-0.3, -0.25) is 14.5 Å². The highest BCUT2D eigenvalue weighted by Crippen LogP contribution is 2.34. The number of carbonyl (C=O) groups is 2. The van der Waals surface area contributed by atoms with Crippen LogP contribution in [0.15, 0.2) is 48.5 Å². The Bertz CT molecular complexity index is 839. The summed E-state index contributed by atoms with van der Waals surface area (Å²) in [7, 11) is 1.38. The van der Waals surface area contributed by atoms with Crippen LogP contribution in [0.3, 0.4) is 0 Å². The van der Waals surface area contributed by atoms with Crippen molar-refractivity contribution < 1.29 is 27.2 Å². The fourth-order valence-electron chi connectivity index (χ4n) is 2.66. The molecule has 1 atom stereocenters. The molecule has 2 amide bonds. The van der Waals surface area contributed by atoms with E-state index in [-0.39, 0.29) is 5.56 Å². The van der Waals surface area contributed by atoms with Gasteiger partial charge in [0.25, 0.3) is 0 Å². The summed E-state index contributed by atoms with van der Waals surface area (Å²) in [6.07, 6.45) is -4.63. The molecule has 5 nitrogen and oxygen atoms in total. The number of likely N-dealkylation sites (N-methyl/N-ethyl adjacent to an activating group) is 1. The highest BCUT2D eigenvalue weighted by atomic mass is 19.4. The van der Waals surface area contributed by atoms with Gasteiger partial charge in [-0.05, 0) is 36.9 Å². The zero-order chi connectivity index (χ0) is 20.2. The lowest BCUT2D eigenvalue weighted by Gasteiger charge is -2.25. The molecule has 0 aliphatic heterocycles. The molecule has 27 heavy (non-hydrogen) atoms. The minimum atomic E-state index is -4.63. The molecule has 144 valence electrons. The van der Waals surface area contributed by atoms with Gasteiger partial charge < -0.3 is 11.1 Å². The van der Waals surface area contributed by atoms with Gasteiger partial charge in [0, 0.05) is 0 Å². The number of hydrogen-bond acceptors (Lipinski definition) is 3. The highest BCUT2D eigenvalue weighted by Gasteiger charge is 2.34. The van der Waals surface area contributed by atoms with E-state index in [0.717, 1.165) is 18.2 Å². The Labute approximate surface area is 152 Å². The normalized spacial score (nSPS) is 12.7. The average Bonchev–Trinajstić information content (AvgIpc) is 2.54. The molecule has 0 fully saturated rings. The Balaban J connectivity index is 2.16. The summed E-state index contributed by atoms with van der Waals surface area (Å²) < 4.78 is 52.4. The number of halogens is 4. The zero-order valence-corrected chi connectivity index (χ0v) is 14.3. The molecule has 1 unspecified atom stereocenters. The number of nitrogens with zero attached hydrogens (tertiary/aromatic N) is 1. The van der Waals surface area contributed by atoms with Gasteiger partial charge in [-0.1, -0.05) is 24.3 Å². The molecule has 3 N–H and O–H groups in total. The Morgan fingerprint density at radius 2 is 1.81 bits per heavy atom. The van der Waals surface area contributed by atoms with Crippen molar-refractivity contribution in [1.82, 2.24) is 4.90 Å². The molecule has 0 saturated carbocycles. The zero-order valence-electron chi connectivity index (χ0n) is 14.3. The van der Waals surface area contributed by atoms with E-state index in [4.69, 9.17) is 5.73 Å². The van der Waals surface area contributed by atoms with Gasteiger partial charge in [0.05, 0.1) is 17.8 Å². The first-order valence-electron chi connectivity index (χ1n) is 7.80. The maximum Gasteiger partial charge on any atom is 0.418 e. The quantitative estimate of drug-likeness (QED) is 0.753. The van der Waals surface area contributed by atoms with Crippen molar-refractivity contribution in [3.05, 3.63) is 65.5 Å². The summed E-state index contributed by atoms with van der Waals surface area (Å²) in [6, 6.07) is 8.54. The first kappa shape index (κ1) is 20.4. The van der Waals surface area contributed by atoms with Gasteiger partial charge in [0.2, 0.25) is 11.8 Å². The highest BCUT2D eigenvalue weighted by molar-refractivity contribution is 5.93. The van der Waals surface area contributed by atoms with Gasteiger partial charge in [-0.2, -0.15) is 13.2 Å². The van der Waals surface area contributed by atoms with E-state index in [9.17, 15) is 27.2 Å². The number of hydrogen-bond donors (Lipinski definition) is 2. The van der Waals surface area contributed by atoms with E-state index < -0.39 is 47.6 Å². The lowest BCUT2D eigenvalue weighted by Crippen LogP contribution is -2.39. The van der Waals surface area contributed by atoms with Crippen molar-refractivity contribution in [3.8, 4) is 0 Å². The minimum absolute atomic E-state index is 0.230. The van der Waals surface area contributed by atoms with E-state index in [1.807, 2.05) is 0 Å². The van der Waals surface area contributed by atoms with Crippen molar-refractivity contribution in [2.75, 3.05) is 18.9 Å². The van der Waals surface area contributed by atoms with Crippen molar-refractivity contribution >= 4 is 17.5 Å². The molecule has 9 heteroatoms. The third kappa shape index (κ3) is 5.27. The molecule has 0 aliphatic rings. The average molecular weight is 383 g/mol. The number of alkyl halides is 3. The number of nitrogens with two attached hydrogens (primary N) is 1. The second kappa shape index (κ2) is 8.17. The van der Waals surface area contributed by atoms with Gasteiger partial charge in [0.1, 0.15) is 11.9 Å². The summed E-state index contributed by atoms with van der Waals surface area (Å²) in [6.45, 7) is -0.434. The first-order chi connectivity index (χ1) is 12.6. The number of primary amides is 1. The number of nitrogens with one attached hydrogen (secondary N) is 1. The van der Waals surface area contributed by atoms with Crippen molar-refractivity contribution in [1.29, 1.82) is 0 Å². The van der Waals surface area contributed by atoms with Gasteiger partial charge in [-0.15, -0.1) is 0 Å². The first-order valence-corrected chi connectivity index (χ1v) is 7.80. The van der Waals surface area contributed by atoms with Crippen LogP contribution in [-0.4, -0.2) is 30.3 Å². The maximum absolute atomic E-state index is 13.4. The number of anilines is 1. The second-order valence-electron chi connectivity index (χ2n) is 5.87. The van der Waals surface area contributed by atoms with E-state index in [2.05, 4.69) is 5.32 Å². The third-order valence-corrected chi connectivity index (χ3v) is 3.77. The number of rotatable bonds is 6. The maximum atomic E-state index is 13.4. The number of benzene rings is 2. The Morgan fingerprint density at radius 3 is 2.41 bits per heavy atom. The van der Waals surface area contributed by atoms with Crippen molar-refractivity contribution in [2.24, 2.45) is 5.73 Å². The fraction of sp³-hybridized carbons (Fsp3) is 0.222. The molecular weight excluding hydrogens is 366 g/mol. The SMILES string of the molecule is CN(CC(=O)Nc1ccccc1C(F)(F)F)C(C(N)=O)c1cccc(F)c1. The predicted molar refractivity (Wildman–Crippen MR) is 91.0 cm³/mol. The van der Waals surface area contributed by atoms with Crippen LogP contribution in [0.2, 0.25) is 0 Å². The van der Waals surface area contributed by atoms with Gasteiger partial charge in [0.15, 0.2) is 0 Å². The third-order valence-electron chi connectivity index (χ3n) is 3.77. The largest absolute Gasteiger partial charge is 0.418 e. The summed E-state index contributed by atoms with van der Waals surface area (Å²) in [5, 5.41) is 2.18. The molecule has 2 aromatic rings. The van der Waals surface area contributed by atoms with Crippen molar-refractivity contribution in [3.63, 3.8) is 0 Å². The summed E-state index contributed by atoms with van der Waals surface area (Å²) in [4.78, 5) is 25.2. The van der Waals surface area contributed by atoms with Crippen LogP contribution in [0.25, 0.3) is 0 Å². The molecule has 0 spiro atoms. The topological polar surface area (TPSA) is 75.4 Å². The Hall–Kier alpha value is -2.94. The van der Waals surface area contributed by atoms with Crippen LogP contribution in [0.4, 0.5) is 23.2 Å². The molecule has 0 saturated heterocycles. The summed E-state index contributed by atoms with van der Waals surface area (Å²) in [5.41, 5.74) is 4.19. The fourth-order valence-corrected chi connectivity index (χ4v) is 2.66. The van der Waals surface area contributed by atoms with E-state index >= 15 is 0 Å². The Morgan fingerprint density at radius 1 is 1.15 bits per heavy atom. The molecule has 0 heterocycles. The summed E-state index contributed by atoms with van der Waals surface area (Å²) in [5.74, 6) is -2.20. The van der Waals surface area contributed by atoms with E-state index in [1.165, 1.54) is 42.3 Å². The standard InChI is InChI=1S/C18H17F4N3O2/c1-25(16(17(23)27)11-5-4-6-12(19)9-11)10-15(26)24-14-8-3-2-7-13(14)18(20,21)22/h2-9,16H,10H2,1H3,(H2,23,27)(H,24,26). The molecule has 0 aromatic heterocycles. The van der Waals surface area contributed by atoms with Gasteiger partial charge >= 0.3 is 6.18 Å². The van der Waals surface area contributed by atoms with E-state index in [1.54, 1.807) is 0 Å². The molecular formula is C18H17F4N3O2. The summed E-state index contributed by atoms with van der Waals surface area (Å²) >= 11 is 0. The Kier molecular flexibility index (Phi) is 6.17. The number of amides is 2. The van der Waals surface area contributed by atoms with Crippen LogP contribution in [0.1, 0.15) is 17.2 Å². The molecule has 0 bridgehead atoms. The smallest absolute Gasteiger partial charge is 0.368 e. The monoisotopic (exact) mass is 383 g/mol.